The van der Waals surface area contributed by atoms with Crippen LogP contribution in [0.25, 0.3) is 22.3 Å². The van der Waals surface area contributed by atoms with Crippen LogP contribution in [0.4, 0.5) is 10.3 Å². The number of nitrogens with zero attached hydrogens (tertiary/aromatic N) is 5. The number of halogens is 1. The molecule has 0 bridgehead atoms. The van der Waals surface area contributed by atoms with Crippen LogP contribution in [-0.4, -0.2) is 63.3 Å². The highest BCUT2D eigenvalue weighted by molar-refractivity contribution is 5.93. The molecule has 0 unspecified atom stereocenters. The number of ether oxygens (including phenoxy) is 2. The standard InChI is InChI=1S/C24H26FN7O3/c1-26-21(33)17-9-27-18-4-3-14(10-31(17)18)19-16(25)11-32-20(19)22(34-2)29-23(30-32)28-15-5-7-24(8-6-15)12-35-13-24/h3-4,9-11,15H,5-8,12-13H2,1-2H3,(H,26,33)(H,28,30). The summed E-state index contributed by atoms with van der Waals surface area (Å²) in [5.41, 5.74) is 2.53. The predicted octanol–water partition coefficient (Wildman–Crippen LogP) is 2.92. The van der Waals surface area contributed by atoms with Gasteiger partial charge >= 0.3 is 0 Å². The highest BCUT2D eigenvalue weighted by Gasteiger charge is 2.41. The fourth-order valence-corrected chi connectivity index (χ4v) is 5.16. The number of fused-ring (bicyclic) bond motifs is 2. The Labute approximate surface area is 200 Å². The first-order valence-electron chi connectivity index (χ1n) is 11.7. The summed E-state index contributed by atoms with van der Waals surface area (Å²) >= 11 is 0. The molecule has 10 nitrogen and oxygen atoms in total. The summed E-state index contributed by atoms with van der Waals surface area (Å²) in [7, 11) is 3.05. The molecule has 0 radical (unpaired) electrons. The van der Waals surface area contributed by atoms with Gasteiger partial charge in [0.1, 0.15) is 16.9 Å². The molecule has 1 amide bonds. The third-order valence-corrected chi connectivity index (χ3v) is 7.20. The Morgan fingerprint density at radius 2 is 2.06 bits per heavy atom. The molecule has 2 aliphatic rings. The maximum absolute atomic E-state index is 15.3. The summed E-state index contributed by atoms with van der Waals surface area (Å²) in [4.78, 5) is 21.0. The number of rotatable bonds is 5. The Bertz CT molecular complexity index is 1430. The zero-order chi connectivity index (χ0) is 24.2. The molecule has 2 N–H and O–H groups in total. The monoisotopic (exact) mass is 479 g/mol. The number of nitrogens with one attached hydrogen (secondary N) is 2. The average Bonchev–Trinajstić information content (AvgIpc) is 3.42. The lowest BCUT2D eigenvalue weighted by Gasteiger charge is -2.46. The zero-order valence-corrected chi connectivity index (χ0v) is 19.5. The minimum absolute atomic E-state index is 0.245. The number of imidazole rings is 1. The first kappa shape index (κ1) is 21.8. The number of hydrogen-bond acceptors (Lipinski definition) is 7. The van der Waals surface area contributed by atoms with Gasteiger partial charge in [0.05, 0.1) is 38.3 Å². The number of amides is 1. The minimum atomic E-state index is -0.472. The lowest BCUT2D eigenvalue weighted by molar-refractivity contribution is -0.131. The molecule has 182 valence electrons. The molecular formula is C24H26FN7O3. The molecule has 1 saturated heterocycles. The van der Waals surface area contributed by atoms with Gasteiger partial charge in [-0.25, -0.2) is 13.9 Å². The van der Waals surface area contributed by atoms with E-state index < -0.39 is 5.82 Å². The topological polar surface area (TPSA) is 107 Å². The van der Waals surface area contributed by atoms with Crippen LogP contribution in [0.5, 0.6) is 5.88 Å². The minimum Gasteiger partial charge on any atom is -0.479 e. The first-order chi connectivity index (χ1) is 17.0. The van der Waals surface area contributed by atoms with Gasteiger partial charge in [-0.3, -0.25) is 9.20 Å². The van der Waals surface area contributed by atoms with Crippen LogP contribution < -0.4 is 15.4 Å². The van der Waals surface area contributed by atoms with E-state index in [0.29, 0.717) is 33.8 Å². The fourth-order valence-electron chi connectivity index (χ4n) is 5.16. The summed E-state index contributed by atoms with van der Waals surface area (Å²) in [6.07, 6.45) is 8.73. The van der Waals surface area contributed by atoms with Crippen molar-refractivity contribution in [3.63, 3.8) is 0 Å². The van der Waals surface area contributed by atoms with E-state index in [0.717, 1.165) is 38.9 Å². The Hall–Kier alpha value is -3.73. The van der Waals surface area contributed by atoms with Crippen molar-refractivity contribution < 1.29 is 18.7 Å². The van der Waals surface area contributed by atoms with Crippen molar-refractivity contribution in [3.05, 3.63) is 42.2 Å². The van der Waals surface area contributed by atoms with Crippen molar-refractivity contribution in [3.8, 4) is 17.0 Å². The van der Waals surface area contributed by atoms with Crippen molar-refractivity contribution in [1.82, 2.24) is 29.3 Å². The van der Waals surface area contributed by atoms with Gasteiger partial charge in [0.15, 0.2) is 5.82 Å². The summed E-state index contributed by atoms with van der Waals surface area (Å²) in [6.45, 7) is 1.72. The van der Waals surface area contributed by atoms with Crippen LogP contribution in [0.1, 0.15) is 36.2 Å². The molecule has 11 heteroatoms. The second-order valence-corrected chi connectivity index (χ2v) is 9.37. The van der Waals surface area contributed by atoms with E-state index in [2.05, 4.69) is 25.7 Å². The maximum Gasteiger partial charge on any atom is 0.269 e. The highest BCUT2D eigenvalue weighted by Crippen LogP contribution is 2.43. The largest absolute Gasteiger partial charge is 0.479 e. The average molecular weight is 480 g/mol. The molecule has 4 aromatic heterocycles. The molecule has 1 spiro atoms. The molecule has 2 fully saturated rings. The normalized spacial score (nSPS) is 17.6. The van der Waals surface area contributed by atoms with Crippen LogP contribution in [0.15, 0.2) is 30.7 Å². The third-order valence-electron chi connectivity index (χ3n) is 7.20. The lowest BCUT2D eigenvalue weighted by Crippen LogP contribution is -2.47. The number of aromatic nitrogens is 5. The molecule has 0 aromatic carbocycles. The van der Waals surface area contributed by atoms with Gasteiger partial charge in [0, 0.05) is 30.3 Å². The van der Waals surface area contributed by atoms with Gasteiger partial charge in [-0.05, 0) is 37.8 Å². The van der Waals surface area contributed by atoms with E-state index in [4.69, 9.17) is 9.47 Å². The van der Waals surface area contributed by atoms with E-state index in [1.165, 1.54) is 24.0 Å². The molecule has 35 heavy (non-hydrogen) atoms. The van der Waals surface area contributed by atoms with Gasteiger partial charge in [0.2, 0.25) is 11.8 Å². The molecule has 0 atom stereocenters. The van der Waals surface area contributed by atoms with E-state index in [1.54, 1.807) is 29.8 Å². The fraction of sp³-hybridized carbons (Fsp3) is 0.417. The van der Waals surface area contributed by atoms with Gasteiger partial charge < -0.3 is 20.1 Å². The van der Waals surface area contributed by atoms with E-state index in [1.807, 2.05) is 0 Å². The SMILES string of the molecule is CNC(=O)c1cnc2ccc(-c3c(F)cn4nc(NC5CCC6(CC5)COC6)nc(OC)c34)cn12. The number of methoxy groups -OCH3 is 1. The molecule has 1 aliphatic carbocycles. The molecule has 1 aliphatic heterocycles. The first-order valence-corrected chi connectivity index (χ1v) is 11.7. The van der Waals surface area contributed by atoms with E-state index in [9.17, 15) is 4.79 Å². The molecule has 1 saturated carbocycles. The Balaban J connectivity index is 1.36. The van der Waals surface area contributed by atoms with E-state index >= 15 is 4.39 Å². The Kier molecular flexibility index (Phi) is 5.10. The second kappa shape index (κ2) is 8.19. The van der Waals surface area contributed by atoms with Gasteiger partial charge in [-0.2, -0.15) is 4.98 Å². The van der Waals surface area contributed by atoms with Gasteiger partial charge in [-0.15, -0.1) is 5.10 Å². The van der Waals surface area contributed by atoms with Gasteiger partial charge in [-0.1, -0.05) is 0 Å². The third kappa shape index (κ3) is 3.57. The van der Waals surface area contributed by atoms with Crippen molar-refractivity contribution in [2.75, 3.05) is 32.7 Å². The zero-order valence-electron chi connectivity index (χ0n) is 19.5. The number of pyridine rings is 1. The maximum atomic E-state index is 15.3. The molecule has 6 rings (SSSR count). The number of carbonyl (C=O) groups excluding carboxylic acids is 1. The molecule has 4 aromatic rings. The Morgan fingerprint density at radius 3 is 2.74 bits per heavy atom. The molecule has 5 heterocycles. The smallest absolute Gasteiger partial charge is 0.269 e. The summed E-state index contributed by atoms with van der Waals surface area (Å²) in [5, 5.41) is 10.5. The van der Waals surface area contributed by atoms with Crippen LogP contribution in [-0.2, 0) is 4.74 Å². The summed E-state index contributed by atoms with van der Waals surface area (Å²) in [5.74, 6) is -0.0979. The highest BCUT2D eigenvalue weighted by atomic mass is 19.1. The van der Waals surface area contributed by atoms with Crippen LogP contribution >= 0.6 is 0 Å². The van der Waals surface area contributed by atoms with Crippen LogP contribution in [0.2, 0.25) is 0 Å². The Morgan fingerprint density at radius 1 is 1.26 bits per heavy atom. The van der Waals surface area contributed by atoms with E-state index in [-0.39, 0.29) is 23.4 Å². The van der Waals surface area contributed by atoms with Crippen molar-refractivity contribution >= 4 is 23.0 Å². The molecular weight excluding hydrogens is 453 g/mol. The number of carbonyl (C=O) groups is 1. The lowest BCUT2D eigenvalue weighted by atomic mass is 9.71. The number of hydrogen-bond donors (Lipinski definition) is 2. The second-order valence-electron chi connectivity index (χ2n) is 9.37. The van der Waals surface area contributed by atoms with Crippen molar-refractivity contribution in [2.45, 2.75) is 31.7 Å². The van der Waals surface area contributed by atoms with Gasteiger partial charge in [0.25, 0.3) is 5.91 Å². The van der Waals surface area contributed by atoms with Crippen LogP contribution in [0.3, 0.4) is 0 Å². The quantitative estimate of drug-likeness (QED) is 0.453. The van der Waals surface area contributed by atoms with Crippen molar-refractivity contribution in [2.24, 2.45) is 5.41 Å². The van der Waals surface area contributed by atoms with Crippen LogP contribution in [0, 0.1) is 11.2 Å². The number of anilines is 1. The van der Waals surface area contributed by atoms with Crippen molar-refractivity contribution in [1.29, 1.82) is 0 Å². The summed E-state index contributed by atoms with van der Waals surface area (Å²) in [6, 6.07) is 3.73. The summed E-state index contributed by atoms with van der Waals surface area (Å²) < 4.78 is 29.4. The predicted molar refractivity (Wildman–Crippen MR) is 126 cm³/mol.